The zero-order chi connectivity index (χ0) is 18.7. The number of rotatable bonds is 4. The first-order chi connectivity index (χ1) is 12.5. The van der Waals surface area contributed by atoms with Crippen LogP contribution in [0.25, 0.3) is 0 Å². The van der Waals surface area contributed by atoms with Crippen molar-refractivity contribution >= 4 is 17.5 Å². The molecule has 7 heteroatoms. The second kappa shape index (κ2) is 7.59. The fourth-order valence-corrected chi connectivity index (χ4v) is 3.03. The third-order valence-electron chi connectivity index (χ3n) is 4.61. The van der Waals surface area contributed by atoms with Crippen LogP contribution >= 0.6 is 0 Å². The predicted molar refractivity (Wildman–Crippen MR) is 102 cm³/mol. The van der Waals surface area contributed by atoms with Crippen LogP contribution in [-0.4, -0.2) is 48.1 Å². The molecule has 0 bridgehead atoms. The van der Waals surface area contributed by atoms with Crippen molar-refractivity contribution in [3.63, 3.8) is 0 Å². The first-order valence-corrected chi connectivity index (χ1v) is 8.79. The summed E-state index contributed by atoms with van der Waals surface area (Å²) in [6, 6.07) is 7.19. The van der Waals surface area contributed by atoms with Crippen LogP contribution in [0.4, 0.5) is 16.3 Å². The molecule has 26 heavy (non-hydrogen) atoms. The molecule has 0 atom stereocenters. The SMILES string of the molecule is CCN(C)c1nc(C)nc2c1CN(C(=O)Nc1ccc(OC)cc1)CC2. The van der Waals surface area contributed by atoms with E-state index in [1.54, 1.807) is 12.0 Å². The van der Waals surface area contributed by atoms with E-state index in [1.165, 1.54) is 0 Å². The Kier molecular flexibility index (Phi) is 5.25. The molecule has 0 spiro atoms. The lowest BCUT2D eigenvalue weighted by atomic mass is 10.1. The Morgan fingerprint density at radius 3 is 2.69 bits per heavy atom. The third-order valence-corrected chi connectivity index (χ3v) is 4.61. The maximum Gasteiger partial charge on any atom is 0.322 e. The number of methoxy groups -OCH3 is 1. The predicted octanol–water partition coefficient (Wildman–Crippen LogP) is 2.84. The largest absolute Gasteiger partial charge is 0.497 e. The Morgan fingerprint density at radius 1 is 1.31 bits per heavy atom. The molecule has 138 valence electrons. The number of aryl methyl sites for hydroxylation is 1. The number of aromatic nitrogens is 2. The van der Waals surface area contributed by atoms with Gasteiger partial charge in [0.15, 0.2) is 0 Å². The van der Waals surface area contributed by atoms with E-state index in [4.69, 9.17) is 4.74 Å². The lowest BCUT2D eigenvalue weighted by Crippen LogP contribution is -2.40. The van der Waals surface area contributed by atoms with Crippen molar-refractivity contribution in [1.29, 1.82) is 0 Å². The molecule has 0 saturated carbocycles. The molecule has 1 N–H and O–H groups in total. The van der Waals surface area contributed by atoms with Crippen LogP contribution in [0.15, 0.2) is 24.3 Å². The van der Waals surface area contributed by atoms with Gasteiger partial charge < -0.3 is 19.9 Å². The average molecular weight is 355 g/mol. The fraction of sp³-hybridized carbons (Fsp3) is 0.421. The van der Waals surface area contributed by atoms with Crippen LogP contribution in [-0.2, 0) is 13.0 Å². The third kappa shape index (κ3) is 3.71. The summed E-state index contributed by atoms with van der Waals surface area (Å²) in [4.78, 5) is 25.8. The number of urea groups is 1. The molecule has 0 radical (unpaired) electrons. The van der Waals surface area contributed by atoms with Gasteiger partial charge in [0.1, 0.15) is 17.4 Å². The van der Waals surface area contributed by atoms with Crippen molar-refractivity contribution in [3.05, 3.63) is 41.3 Å². The van der Waals surface area contributed by atoms with Gasteiger partial charge in [-0.15, -0.1) is 0 Å². The van der Waals surface area contributed by atoms with Gasteiger partial charge in [-0.3, -0.25) is 0 Å². The van der Waals surface area contributed by atoms with Crippen LogP contribution in [0.2, 0.25) is 0 Å². The maximum atomic E-state index is 12.7. The van der Waals surface area contributed by atoms with E-state index < -0.39 is 0 Å². The number of benzene rings is 1. The Labute approximate surface area is 154 Å². The zero-order valence-corrected chi connectivity index (χ0v) is 15.7. The van der Waals surface area contributed by atoms with E-state index in [-0.39, 0.29) is 6.03 Å². The summed E-state index contributed by atoms with van der Waals surface area (Å²) in [6.45, 7) is 6.00. The smallest absolute Gasteiger partial charge is 0.322 e. The number of carbonyl (C=O) groups excluding carboxylic acids is 1. The van der Waals surface area contributed by atoms with Gasteiger partial charge in [0.2, 0.25) is 0 Å². The number of amides is 2. The molecular weight excluding hydrogens is 330 g/mol. The monoisotopic (exact) mass is 355 g/mol. The Morgan fingerprint density at radius 2 is 2.04 bits per heavy atom. The molecule has 0 fully saturated rings. The summed E-state index contributed by atoms with van der Waals surface area (Å²) in [6.07, 6.45) is 0.735. The van der Waals surface area contributed by atoms with Gasteiger partial charge in [-0.05, 0) is 38.1 Å². The van der Waals surface area contributed by atoms with Crippen molar-refractivity contribution in [1.82, 2.24) is 14.9 Å². The van der Waals surface area contributed by atoms with Gasteiger partial charge in [-0.25, -0.2) is 14.8 Å². The summed E-state index contributed by atoms with van der Waals surface area (Å²) >= 11 is 0. The van der Waals surface area contributed by atoms with Crippen molar-refractivity contribution in [2.45, 2.75) is 26.8 Å². The summed E-state index contributed by atoms with van der Waals surface area (Å²) in [5, 5.41) is 2.94. The zero-order valence-electron chi connectivity index (χ0n) is 15.7. The second-order valence-corrected chi connectivity index (χ2v) is 6.36. The van der Waals surface area contributed by atoms with Gasteiger partial charge in [0.25, 0.3) is 0 Å². The number of fused-ring (bicyclic) bond motifs is 1. The lowest BCUT2D eigenvalue weighted by Gasteiger charge is -2.31. The van der Waals surface area contributed by atoms with Gasteiger partial charge in [-0.2, -0.15) is 0 Å². The molecule has 0 unspecified atom stereocenters. The van der Waals surface area contributed by atoms with E-state index in [0.717, 1.165) is 47.3 Å². The normalized spacial score (nSPS) is 13.2. The summed E-state index contributed by atoms with van der Waals surface area (Å²) in [7, 11) is 3.63. The number of carbonyl (C=O) groups is 1. The van der Waals surface area contributed by atoms with Crippen LogP contribution < -0.4 is 15.0 Å². The molecule has 2 heterocycles. The van der Waals surface area contributed by atoms with Gasteiger partial charge >= 0.3 is 6.03 Å². The molecule has 2 amide bonds. The molecule has 0 saturated heterocycles. The van der Waals surface area contributed by atoms with Crippen LogP contribution in [0.1, 0.15) is 24.0 Å². The van der Waals surface area contributed by atoms with E-state index in [0.29, 0.717) is 13.1 Å². The van der Waals surface area contributed by atoms with Crippen LogP contribution in [0, 0.1) is 6.92 Å². The Hall–Kier alpha value is -2.83. The molecule has 2 aromatic rings. The number of nitrogens with zero attached hydrogens (tertiary/aromatic N) is 4. The maximum absolute atomic E-state index is 12.7. The van der Waals surface area contributed by atoms with Crippen molar-refractivity contribution in [3.8, 4) is 5.75 Å². The molecule has 1 aliphatic heterocycles. The number of nitrogens with one attached hydrogen (secondary N) is 1. The minimum atomic E-state index is -0.119. The fourth-order valence-electron chi connectivity index (χ4n) is 3.03. The van der Waals surface area contributed by atoms with Gasteiger partial charge in [-0.1, -0.05) is 0 Å². The first kappa shape index (κ1) is 18.0. The quantitative estimate of drug-likeness (QED) is 0.913. The number of ether oxygens (including phenoxy) is 1. The van der Waals surface area contributed by atoms with Gasteiger partial charge in [0, 0.05) is 37.8 Å². The van der Waals surface area contributed by atoms with Crippen molar-refractivity contribution in [2.24, 2.45) is 0 Å². The minimum absolute atomic E-state index is 0.119. The highest BCUT2D eigenvalue weighted by Gasteiger charge is 2.26. The molecular formula is C19H25N5O2. The highest BCUT2D eigenvalue weighted by Crippen LogP contribution is 2.26. The standard InChI is InChI=1S/C19H25N5O2/c1-5-23(3)18-16-12-24(11-10-17(16)20-13(2)21-18)19(25)22-14-6-8-15(26-4)9-7-14/h6-9H,5,10-12H2,1-4H3,(H,22,25). The highest BCUT2D eigenvalue weighted by atomic mass is 16.5. The van der Waals surface area contributed by atoms with Crippen molar-refractivity contribution in [2.75, 3.05) is 37.5 Å². The Bertz CT molecular complexity index is 791. The Balaban J connectivity index is 1.77. The summed E-state index contributed by atoms with van der Waals surface area (Å²) in [5.74, 6) is 2.45. The number of hydrogen-bond acceptors (Lipinski definition) is 5. The van der Waals surface area contributed by atoms with Crippen LogP contribution in [0.3, 0.4) is 0 Å². The molecule has 3 rings (SSSR count). The first-order valence-electron chi connectivity index (χ1n) is 8.79. The molecule has 1 aromatic heterocycles. The second-order valence-electron chi connectivity index (χ2n) is 6.36. The number of hydrogen-bond donors (Lipinski definition) is 1. The summed E-state index contributed by atoms with van der Waals surface area (Å²) in [5.41, 5.74) is 2.82. The molecule has 7 nitrogen and oxygen atoms in total. The lowest BCUT2D eigenvalue weighted by molar-refractivity contribution is 0.206. The van der Waals surface area contributed by atoms with Crippen LogP contribution in [0.5, 0.6) is 5.75 Å². The molecule has 0 aliphatic carbocycles. The highest BCUT2D eigenvalue weighted by molar-refractivity contribution is 5.89. The average Bonchev–Trinajstić information content (AvgIpc) is 2.66. The van der Waals surface area contributed by atoms with Gasteiger partial charge in [0.05, 0.1) is 19.3 Å². The van der Waals surface area contributed by atoms with E-state index in [1.807, 2.05) is 38.2 Å². The van der Waals surface area contributed by atoms with E-state index in [9.17, 15) is 4.79 Å². The molecule has 1 aromatic carbocycles. The topological polar surface area (TPSA) is 70.6 Å². The van der Waals surface area contributed by atoms with E-state index in [2.05, 4.69) is 27.1 Å². The summed E-state index contributed by atoms with van der Waals surface area (Å²) < 4.78 is 5.14. The minimum Gasteiger partial charge on any atom is -0.497 e. The van der Waals surface area contributed by atoms with Crippen molar-refractivity contribution < 1.29 is 9.53 Å². The number of anilines is 2. The van der Waals surface area contributed by atoms with E-state index >= 15 is 0 Å². The molecule has 1 aliphatic rings.